The highest BCUT2D eigenvalue weighted by Gasteiger charge is 2.01. The second-order valence-corrected chi connectivity index (χ2v) is 4.35. The van der Waals surface area contributed by atoms with Gasteiger partial charge in [0.15, 0.2) is 5.11 Å². The highest BCUT2D eigenvalue weighted by molar-refractivity contribution is 7.80. The topological polar surface area (TPSA) is 47.8 Å². The summed E-state index contributed by atoms with van der Waals surface area (Å²) in [6.45, 7) is 4.20. The molecule has 1 rings (SSSR count). The third kappa shape index (κ3) is 4.83. The zero-order valence-corrected chi connectivity index (χ0v) is 11.0. The molecule has 0 saturated carbocycles. The highest BCUT2D eigenvalue weighted by atomic mass is 32.1. The van der Waals surface area contributed by atoms with Crippen LogP contribution in [0.1, 0.15) is 25.8 Å². The van der Waals surface area contributed by atoms with Crippen LogP contribution >= 0.6 is 12.2 Å². The molecule has 1 aromatic rings. The summed E-state index contributed by atoms with van der Waals surface area (Å²) < 4.78 is 0. The molecule has 17 heavy (non-hydrogen) atoms. The first-order valence-corrected chi connectivity index (χ1v) is 6.10. The molecule has 0 fully saturated rings. The average Bonchev–Trinajstić information content (AvgIpc) is 2.31. The molecule has 2 N–H and O–H groups in total. The van der Waals surface area contributed by atoms with Gasteiger partial charge < -0.3 is 10.6 Å². The van der Waals surface area contributed by atoms with Gasteiger partial charge in [0.05, 0.1) is 12.5 Å². The monoisotopic (exact) mass is 247 g/mol. The van der Waals surface area contributed by atoms with Crippen molar-refractivity contribution in [1.82, 2.24) is 5.32 Å². The maximum absolute atomic E-state index is 8.56. The van der Waals surface area contributed by atoms with Gasteiger partial charge in [0.2, 0.25) is 0 Å². The molecule has 0 aromatic heterocycles. The third-order valence-corrected chi connectivity index (χ3v) is 2.70. The van der Waals surface area contributed by atoms with Gasteiger partial charge in [-0.3, -0.25) is 0 Å². The Morgan fingerprint density at radius 3 is 2.59 bits per heavy atom. The van der Waals surface area contributed by atoms with Gasteiger partial charge in [0.25, 0.3) is 0 Å². The first kappa shape index (κ1) is 13.5. The van der Waals surface area contributed by atoms with Gasteiger partial charge in [-0.15, -0.1) is 0 Å². The standard InChI is InChI=1S/C13H17N3S/c1-3-10(2)15-13(17)16-12-6-4-11(5-7-12)8-9-14/h4-7,10H,3,8H2,1-2H3,(H2,15,16,17). The second-order valence-electron chi connectivity index (χ2n) is 3.94. The number of nitriles is 1. The summed E-state index contributed by atoms with van der Waals surface area (Å²) in [4.78, 5) is 0. The molecular weight excluding hydrogens is 230 g/mol. The third-order valence-electron chi connectivity index (χ3n) is 2.48. The molecule has 1 atom stereocenters. The SMILES string of the molecule is CCC(C)NC(=S)Nc1ccc(CC#N)cc1. The van der Waals surface area contributed by atoms with E-state index in [1.165, 1.54) is 0 Å². The van der Waals surface area contributed by atoms with Crippen molar-refractivity contribution in [1.29, 1.82) is 5.26 Å². The normalized spacial score (nSPS) is 11.4. The summed E-state index contributed by atoms with van der Waals surface area (Å²) in [6, 6.07) is 10.2. The molecule has 0 aliphatic carbocycles. The van der Waals surface area contributed by atoms with E-state index >= 15 is 0 Å². The van der Waals surface area contributed by atoms with E-state index in [2.05, 4.69) is 30.6 Å². The number of nitrogens with zero attached hydrogens (tertiary/aromatic N) is 1. The lowest BCUT2D eigenvalue weighted by atomic mass is 10.1. The van der Waals surface area contributed by atoms with Crippen LogP contribution in [0.25, 0.3) is 0 Å². The second kappa shape index (κ2) is 6.87. The largest absolute Gasteiger partial charge is 0.360 e. The summed E-state index contributed by atoms with van der Waals surface area (Å²) >= 11 is 5.19. The predicted molar refractivity (Wildman–Crippen MR) is 74.9 cm³/mol. The summed E-state index contributed by atoms with van der Waals surface area (Å²) in [7, 11) is 0. The Bertz CT molecular complexity index is 406. The summed E-state index contributed by atoms with van der Waals surface area (Å²) in [5, 5.41) is 15.5. The van der Waals surface area contributed by atoms with E-state index in [4.69, 9.17) is 17.5 Å². The van der Waals surface area contributed by atoms with Crippen LogP contribution < -0.4 is 10.6 Å². The fraction of sp³-hybridized carbons (Fsp3) is 0.385. The van der Waals surface area contributed by atoms with E-state index in [1.54, 1.807) is 0 Å². The Hall–Kier alpha value is -1.60. The van der Waals surface area contributed by atoms with E-state index in [0.29, 0.717) is 17.6 Å². The van der Waals surface area contributed by atoms with Crippen molar-refractivity contribution in [3.05, 3.63) is 29.8 Å². The Kier molecular flexibility index (Phi) is 5.44. The summed E-state index contributed by atoms with van der Waals surface area (Å²) in [6.07, 6.45) is 1.47. The highest BCUT2D eigenvalue weighted by Crippen LogP contribution is 2.09. The molecule has 0 bridgehead atoms. The van der Waals surface area contributed by atoms with Gasteiger partial charge in [-0.1, -0.05) is 19.1 Å². The Labute approximate surface area is 108 Å². The van der Waals surface area contributed by atoms with Crippen LogP contribution in [-0.2, 0) is 6.42 Å². The first-order chi connectivity index (χ1) is 8.15. The molecule has 0 aliphatic heterocycles. The molecule has 0 saturated heterocycles. The van der Waals surface area contributed by atoms with Crippen molar-refractivity contribution in [2.75, 3.05) is 5.32 Å². The van der Waals surface area contributed by atoms with Crippen molar-refractivity contribution in [3.63, 3.8) is 0 Å². The molecule has 90 valence electrons. The van der Waals surface area contributed by atoms with Crippen LogP contribution in [0.15, 0.2) is 24.3 Å². The fourth-order valence-electron chi connectivity index (χ4n) is 1.29. The number of rotatable bonds is 4. The molecular formula is C13H17N3S. The van der Waals surface area contributed by atoms with E-state index in [9.17, 15) is 0 Å². The van der Waals surface area contributed by atoms with Crippen LogP contribution in [0, 0.1) is 11.3 Å². The molecule has 0 radical (unpaired) electrons. The molecule has 1 unspecified atom stereocenters. The lowest BCUT2D eigenvalue weighted by Crippen LogP contribution is -2.35. The minimum Gasteiger partial charge on any atom is -0.360 e. The lowest BCUT2D eigenvalue weighted by Gasteiger charge is -2.15. The van der Waals surface area contributed by atoms with E-state index < -0.39 is 0 Å². The van der Waals surface area contributed by atoms with Crippen molar-refractivity contribution < 1.29 is 0 Å². The molecule has 4 heteroatoms. The number of hydrogen-bond acceptors (Lipinski definition) is 2. The molecule has 1 aromatic carbocycles. The number of benzene rings is 1. The van der Waals surface area contributed by atoms with Crippen molar-refractivity contribution >= 4 is 23.0 Å². The summed E-state index contributed by atoms with van der Waals surface area (Å²) in [5.41, 5.74) is 1.95. The van der Waals surface area contributed by atoms with E-state index in [1.807, 2.05) is 24.3 Å². The predicted octanol–water partition coefficient (Wildman–Crippen LogP) is 2.84. The van der Waals surface area contributed by atoms with Gasteiger partial charge >= 0.3 is 0 Å². The summed E-state index contributed by atoms with van der Waals surface area (Å²) in [5.74, 6) is 0. The number of anilines is 1. The maximum Gasteiger partial charge on any atom is 0.170 e. The smallest absolute Gasteiger partial charge is 0.170 e. The zero-order valence-electron chi connectivity index (χ0n) is 10.2. The molecule has 0 heterocycles. The van der Waals surface area contributed by atoms with Gasteiger partial charge in [0.1, 0.15) is 0 Å². The zero-order chi connectivity index (χ0) is 12.7. The van der Waals surface area contributed by atoms with Crippen molar-refractivity contribution in [3.8, 4) is 6.07 Å². The van der Waals surface area contributed by atoms with Gasteiger partial charge in [-0.25, -0.2) is 0 Å². The first-order valence-electron chi connectivity index (χ1n) is 5.69. The minimum absolute atomic E-state index is 0.368. The average molecular weight is 247 g/mol. The van der Waals surface area contributed by atoms with Crippen LogP contribution in [-0.4, -0.2) is 11.2 Å². The fourth-order valence-corrected chi connectivity index (χ4v) is 1.61. The van der Waals surface area contributed by atoms with Crippen LogP contribution in [0.5, 0.6) is 0 Å². The lowest BCUT2D eigenvalue weighted by molar-refractivity contribution is 0.646. The van der Waals surface area contributed by atoms with E-state index in [0.717, 1.165) is 17.7 Å². The van der Waals surface area contributed by atoms with Crippen molar-refractivity contribution in [2.45, 2.75) is 32.7 Å². The van der Waals surface area contributed by atoms with Gasteiger partial charge in [-0.2, -0.15) is 5.26 Å². The van der Waals surface area contributed by atoms with Gasteiger partial charge in [-0.05, 0) is 43.3 Å². The van der Waals surface area contributed by atoms with Crippen molar-refractivity contribution in [2.24, 2.45) is 0 Å². The number of thiocarbonyl (C=S) groups is 1. The molecule has 0 spiro atoms. The number of nitrogens with one attached hydrogen (secondary N) is 2. The van der Waals surface area contributed by atoms with Crippen LogP contribution in [0.4, 0.5) is 5.69 Å². The Balaban J connectivity index is 2.52. The Morgan fingerprint density at radius 2 is 2.06 bits per heavy atom. The Morgan fingerprint density at radius 1 is 1.41 bits per heavy atom. The quantitative estimate of drug-likeness (QED) is 0.803. The van der Waals surface area contributed by atoms with Gasteiger partial charge in [0, 0.05) is 11.7 Å². The molecule has 0 amide bonds. The van der Waals surface area contributed by atoms with E-state index in [-0.39, 0.29) is 0 Å². The van der Waals surface area contributed by atoms with Crippen LogP contribution in [0.2, 0.25) is 0 Å². The molecule has 0 aliphatic rings. The maximum atomic E-state index is 8.56. The minimum atomic E-state index is 0.368. The van der Waals surface area contributed by atoms with Crippen LogP contribution in [0.3, 0.4) is 0 Å². The molecule has 3 nitrogen and oxygen atoms in total. The number of hydrogen-bond donors (Lipinski definition) is 2.